The Bertz CT molecular complexity index is 3580. The Kier molecular flexibility index (Phi) is 5.08. The van der Waals surface area contributed by atoms with Gasteiger partial charge in [-0.15, -0.1) is 0 Å². The highest BCUT2D eigenvalue weighted by Gasteiger charge is 2.28. The van der Waals surface area contributed by atoms with E-state index in [-0.39, 0.29) is 0 Å². The Morgan fingerprint density at radius 1 is 0.377 bits per heavy atom. The molecule has 0 radical (unpaired) electrons. The number of fused-ring (bicyclic) bond motifs is 17. The summed E-state index contributed by atoms with van der Waals surface area (Å²) in [6, 6.07) is 59.6. The van der Waals surface area contributed by atoms with Crippen LogP contribution in [0.15, 0.2) is 170 Å². The maximum absolute atomic E-state index is 5.47. The van der Waals surface area contributed by atoms with Crippen LogP contribution in [-0.2, 0) is 0 Å². The summed E-state index contributed by atoms with van der Waals surface area (Å²) in [5, 5.41) is 15.1. The fraction of sp³-hybridized carbons (Fsp3) is 0. The van der Waals surface area contributed by atoms with Crippen molar-refractivity contribution in [2.75, 3.05) is 4.90 Å². The first kappa shape index (κ1) is 27.5. The number of hydrogen-bond acceptors (Lipinski definition) is 2. The van der Waals surface area contributed by atoms with Gasteiger partial charge in [-0.3, -0.25) is 4.40 Å². The summed E-state index contributed by atoms with van der Waals surface area (Å²) in [6.45, 7) is 0. The number of anilines is 3. The van der Waals surface area contributed by atoms with Crippen molar-refractivity contribution in [1.82, 2.24) is 13.8 Å². The molecule has 0 atom stereocenters. The number of para-hydroxylation sites is 4. The molecule has 5 aromatic heterocycles. The first-order valence-corrected chi connectivity index (χ1v) is 18.2. The molecule has 0 unspecified atom stereocenters. The maximum Gasteiger partial charge on any atom is 0.146 e. The molecular weight excluding hydrogens is 645 g/mol. The fourth-order valence-corrected chi connectivity index (χ4v) is 9.73. The van der Waals surface area contributed by atoms with E-state index in [2.05, 4.69) is 184 Å². The van der Waals surface area contributed by atoms with Crippen LogP contribution in [0.5, 0.6) is 0 Å². The van der Waals surface area contributed by atoms with Gasteiger partial charge in [0.05, 0.1) is 39.5 Å². The van der Waals surface area contributed by atoms with Crippen LogP contribution in [0, 0.1) is 0 Å². The van der Waals surface area contributed by atoms with Crippen LogP contribution in [0.3, 0.4) is 0 Å². The van der Waals surface area contributed by atoms with Gasteiger partial charge in [-0.2, -0.15) is 0 Å². The Morgan fingerprint density at radius 3 is 1.74 bits per heavy atom. The molecule has 0 aliphatic carbocycles. The zero-order valence-corrected chi connectivity index (χ0v) is 28.5. The maximum atomic E-state index is 5.47. The van der Waals surface area contributed by atoms with E-state index >= 15 is 0 Å². The minimum Gasteiger partial charge on any atom is -0.308 e. The lowest BCUT2D eigenvalue weighted by Crippen LogP contribution is -2.10. The normalized spacial score (nSPS) is 12.5. The second kappa shape index (κ2) is 9.78. The van der Waals surface area contributed by atoms with Crippen LogP contribution in [0.25, 0.3) is 97.9 Å². The van der Waals surface area contributed by atoms with Gasteiger partial charge in [0, 0.05) is 54.5 Å². The smallest absolute Gasteiger partial charge is 0.146 e. The predicted molar refractivity (Wildman–Crippen MR) is 223 cm³/mol. The molecular formula is C49H28N4. The van der Waals surface area contributed by atoms with Crippen LogP contribution in [0.2, 0.25) is 0 Å². The molecule has 0 fully saturated rings. The number of nitrogens with zero attached hydrogens (tertiary/aromatic N) is 4. The van der Waals surface area contributed by atoms with Crippen molar-refractivity contribution >= 4 is 115 Å². The topological polar surface area (TPSA) is 24.9 Å². The lowest BCUT2D eigenvalue weighted by molar-refractivity contribution is 1.24. The molecule has 13 aromatic rings. The van der Waals surface area contributed by atoms with Crippen molar-refractivity contribution in [3.8, 4) is 0 Å². The number of hydrogen-bond donors (Lipinski definition) is 0. The van der Waals surface area contributed by atoms with Gasteiger partial charge in [-0.05, 0) is 64.0 Å². The summed E-state index contributed by atoms with van der Waals surface area (Å²) < 4.78 is 4.94. The van der Waals surface area contributed by atoms with E-state index in [0.717, 1.165) is 33.7 Å². The van der Waals surface area contributed by atoms with Gasteiger partial charge in [0.1, 0.15) is 5.65 Å². The van der Waals surface area contributed by atoms with E-state index in [1.165, 1.54) is 81.2 Å². The average molecular weight is 673 g/mol. The van der Waals surface area contributed by atoms with Crippen molar-refractivity contribution in [3.05, 3.63) is 170 Å². The summed E-state index contributed by atoms with van der Waals surface area (Å²) >= 11 is 0. The molecule has 0 saturated carbocycles. The van der Waals surface area contributed by atoms with Gasteiger partial charge >= 0.3 is 0 Å². The number of benzene rings is 8. The Morgan fingerprint density at radius 2 is 0.981 bits per heavy atom. The number of aromatic nitrogens is 3. The van der Waals surface area contributed by atoms with E-state index in [1.54, 1.807) is 0 Å². The van der Waals surface area contributed by atoms with Crippen molar-refractivity contribution < 1.29 is 0 Å². The second-order valence-corrected chi connectivity index (χ2v) is 14.3. The molecule has 4 heteroatoms. The molecule has 0 amide bonds. The first-order valence-electron chi connectivity index (χ1n) is 18.2. The Labute approximate surface area is 302 Å². The zero-order valence-electron chi connectivity index (χ0n) is 28.5. The minimum absolute atomic E-state index is 0.986. The highest BCUT2D eigenvalue weighted by molar-refractivity contribution is 6.39. The summed E-state index contributed by atoms with van der Waals surface area (Å²) in [6.07, 6.45) is 2.13. The van der Waals surface area contributed by atoms with Crippen molar-refractivity contribution in [2.24, 2.45) is 0 Å². The fourth-order valence-electron chi connectivity index (χ4n) is 9.73. The Hall–Kier alpha value is -7.17. The molecule has 0 aliphatic heterocycles. The molecule has 0 saturated heterocycles. The van der Waals surface area contributed by atoms with Crippen LogP contribution in [0.1, 0.15) is 0 Å². The highest BCUT2D eigenvalue weighted by atomic mass is 15.2. The number of rotatable bonds is 3. The summed E-state index contributed by atoms with van der Waals surface area (Å²) in [5.41, 5.74) is 10.3. The molecule has 8 aromatic carbocycles. The average Bonchev–Trinajstić information content (AvgIpc) is 3.95. The second-order valence-electron chi connectivity index (χ2n) is 14.3. The van der Waals surface area contributed by atoms with Gasteiger partial charge in [0.15, 0.2) is 0 Å². The predicted octanol–water partition coefficient (Wildman–Crippen LogP) is 13.2. The lowest BCUT2D eigenvalue weighted by atomic mass is 9.98. The molecule has 5 heterocycles. The molecule has 4 nitrogen and oxygen atoms in total. The third kappa shape index (κ3) is 3.34. The molecule has 53 heavy (non-hydrogen) atoms. The summed E-state index contributed by atoms with van der Waals surface area (Å²) in [4.78, 5) is 7.86. The summed E-state index contributed by atoms with van der Waals surface area (Å²) in [5.74, 6) is 0. The van der Waals surface area contributed by atoms with Gasteiger partial charge < -0.3 is 9.30 Å². The monoisotopic (exact) mass is 672 g/mol. The van der Waals surface area contributed by atoms with Crippen molar-refractivity contribution in [2.45, 2.75) is 0 Å². The molecule has 244 valence electrons. The van der Waals surface area contributed by atoms with E-state index < -0.39 is 0 Å². The largest absolute Gasteiger partial charge is 0.308 e. The lowest BCUT2D eigenvalue weighted by Gasteiger charge is -2.26. The van der Waals surface area contributed by atoms with Crippen LogP contribution < -0.4 is 4.90 Å². The van der Waals surface area contributed by atoms with Gasteiger partial charge in [-0.1, -0.05) is 121 Å². The Balaban J connectivity index is 1.26. The van der Waals surface area contributed by atoms with E-state index in [9.17, 15) is 0 Å². The zero-order chi connectivity index (χ0) is 34.4. The van der Waals surface area contributed by atoms with Crippen LogP contribution in [0.4, 0.5) is 17.1 Å². The highest BCUT2D eigenvalue weighted by Crippen LogP contribution is 2.50. The standard InChI is InChI=1S/C49H28N4/c1-3-15-31(16-4-1)51(32-17-5-2-6-18-32)40-24-12-23-36-43-34-20-10-8-14-30(34)27-38-45-44-37-22-11-21-35-42-33-19-9-7-13-29(33)25-26-39(42)52(46(35)37)41(44)28-50-49(45)53(47(36)40)48(38)43/h1-28H. The van der Waals surface area contributed by atoms with Crippen LogP contribution >= 0.6 is 0 Å². The summed E-state index contributed by atoms with van der Waals surface area (Å²) in [7, 11) is 0. The number of pyridine rings is 1. The van der Waals surface area contributed by atoms with E-state index in [1.807, 2.05) is 0 Å². The van der Waals surface area contributed by atoms with E-state index in [0.29, 0.717) is 0 Å². The third-order valence-electron chi connectivity index (χ3n) is 11.7. The third-order valence-corrected chi connectivity index (χ3v) is 11.7. The van der Waals surface area contributed by atoms with Gasteiger partial charge in [-0.25, -0.2) is 4.98 Å². The first-order chi connectivity index (χ1) is 26.3. The molecule has 0 N–H and O–H groups in total. The van der Waals surface area contributed by atoms with Gasteiger partial charge in [0.2, 0.25) is 0 Å². The molecule has 0 aliphatic rings. The van der Waals surface area contributed by atoms with Crippen LogP contribution in [-0.4, -0.2) is 13.8 Å². The SMILES string of the molecule is c1ccc(N(c2ccccc2)c2cccc3c4c5ccccc5cc5c6c7c8cccc9c%10c%11ccccc%11ccc%10n(c7cnc6n(c23)c54)c98)cc1. The molecule has 0 bridgehead atoms. The quantitative estimate of drug-likeness (QED) is 0.187. The minimum atomic E-state index is 0.986. The van der Waals surface area contributed by atoms with Crippen molar-refractivity contribution in [1.29, 1.82) is 0 Å². The van der Waals surface area contributed by atoms with Crippen molar-refractivity contribution in [3.63, 3.8) is 0 Å². The molecule has 13 rings (SSSR count). The van der Waals surface area contributed by atoms with E-state index in [4.69, 9.17) is 4.98 Å². The molecule has 0 spiro atoms. The van der Waals surface area contributed by atoms with Gasteiger partial charge in [0.25, 0.3) is 0 Å².